The summed E-state index contributed by atoms with van der Waals surface area (Å²) >= 11 is 1.85. The molecule has 4 rings (SSSR count). The topological polar surface area (TPSA) is 34.6 Å². The van der Waals surface area contributed by atoms with E-state index in [2.05, 4.69) is 29.5 Å². The first-order valence-corrected chi connectivity index (χ1v) is 9.67. The Labute approximate surface area is 147 Å². The SMILES string of the molecule is CN(Cc1ccc2c(c1)OCO2)Cc1csc(C2CCCCC2)n1. The third-order valence-electron chi connectivity index (χ3n) is 4.85. The highest BCUT2D eigenvalue weighted by Crippen LogP contribution is 2.35. The van der Waals surface area contributed by atoms with E-state index in [0.717, 1.165) is 24.6 Å². The van der Waals surface area contributed by atoms with Crippen molar-refractivity contribution in [1.29, 1.82) is 0 Å². The van der Waals surface area contributed by atoms with E-state index in [1.807, 2.05) is 17.4 Å². The van der Waals surface area contributed by atoms with Crippen molar-refractivity contribution in [2.75, 3.05) is 13.8 Å². The van der Waals surface area contributed by atoms with Gasteiger partial charge in [0.15, 0.2) is 11.5 Å². The Morgan fingerprint density at radius 3 is 2.83 bits per heavy atom. The van der Waals surface area contributed by atoms with Crippen molar-refractivity contribution >= 4 is 11.3 Å². The van der Waals surface area contributed by atoms with E-state index in [9.17, 15) is 0 Å². The van der Waals surface area contributed by atoms with E-state index in [4.69, 9.17) is 14.5 Å². The van der Waals surface area contributed by atoms with Crippen LogP contribution in [0.2, 0.25) is 0 Å². The number of ether oxygens (including phenoxy) is 2. The summed E-state index contributed by atoms with van der Waals surface area (Å²) in [4.78, 5) is 7.21. The quantitative estimate of drug-likeness (QED) is 0.797. The monoisotopic (exact) mass is 344 g/mol. The predicted molar refractivity (Wildman–Crippen MR) is 95.7 cm³/mol. The van der Waals surface area contributed by atoms with Gasteiger partial charge in [-0.15, -0.1) is 11.3 Å². The van der Waals surface area contributed by atoms with Crippen LogP contribution < -0.4 is 9.47 Å². The maximum absolute atomic E-state index is 5.46. The Bertz CT molecular complexity index is 694. The molecule has 2 aliphatic rings. The fraction of sp³-hybridized carbons (Fsp3) is 0.526. The number of rotatable bonds is 5. The Balaban J connectivity index is 1.36. The van der Waals surface area contributed by atoms with Gasteiger partial charge in [-0.2, -0.15) is 0 Å². The first-order valence-electron chi connectivity index (χ1n) is 8.79. The molecule has 0 amide bonds. The molecule has 1 saturated carbocycles. The van der Waals surface area contributed by atoms with E-state index < -0.39 is 0 Å². The van der Waals surface area contributed by atoms with Gasteiger partial charge in [0.1, 0.15) is 0 Å². The molecule has 0 radical (unpaired) electrons. The third kappa shape index (κ3) is 3.57. The predicted octanol–water partition coefficient (Wildman–Crippen LogP) is 4.55. The van der Waals surface area contributed by atoms with Crippen LogP contribution >= 0.6 is 11.3 Å². The zero-order chi connectivity index (χ0) is 16.4. The number of thiazole rings is 1. The van der Waals surface area contributed by atoms with E-state index in [1.54, 1.807) is 0 Å². The van der Waals surface area contributed by atoms with Crippen LogP contribution in [0.25, 0.3) is 0 Å². The van der Waals surface area contributed by atoms with Gasteiger partial charge in [-0.3, -0.25) is 4.90 Å². The smallest absolute Gasteiger partial charge is 0.231 e. The third-order valence-corrected chi connectivity index (χ3v) is 5.90. The van der Waals surface area contributed by atoms with Gasteiger partial charge in [0.25, 0.3) is 0 Å². The molecule has 1 aromatic heterocycles. The van der Waals surface area contributed by atoms with Crippen molar-refractivity contribution < 1.29 is 9.47 Å². The van der Waals surface area contributed by atoms with Crippen LogP contribution in [-0.4, -0.2) is 23.7 Å². The van der Waals surface area contributed by atoms with Crippen molar-refractivity contribution in [2.45, 2.75) is 51.1 Å². The lowest BCUT2D eigenvalue weighted by Gasteiger charge is -2.19. The molecule has 0 unspecified atom stereocenters. The molecule has 1 fully saturated rings. The minimum absolute atomic E-state index is 0.331. The standard InChI is InChI=1S/C19H24N2O2S/c1-21(10-14-7-8-17-18(9-14)23-13-22-17)11-16-12-24-19(20-16)15-5-3-2-4-6-15/h7-9,12,15H,2-6,10-11,13H2,1H3. The Hall–Kier alpha value is -1.59. The van der Waals surface area contributed by atoms with Gasteiger partial charge >= 0.3 is 0 Å². The summed E-state index contributed by atoms with van der Waals surface area (Å²) in [6.45, 7) is 2.10. The normalized spacial score (nSPS) is 17.6. The molecule has 5 heteroatoms. The Kier molecular flexibility index (Phi) is 4.72. The molecular weight excluding hydrogens is 320 g/mol. The first kappa shape index (κ1) is 15.9. The number of hydrogen-bond acceptors (Lipinski definition) is 5. The zero-order valence-electron chi connectivity index (χ0n) is 14.2. The lowest BCUT2D eigenvalue weighted by molar-refractivity contribution is 0.174. The lowest BCUT2D eigenvalue weighted by atomic mass is 9.90. The van der Waals surface area contributed by atoms with Crippen LogP contribution in [0.5, 0.6) is 11.5 Å². The molecule has 1 aromatic carbocycles. The summed E-state index contributed by atoms with van der Waals surface area (Å²) in [6.07, 6.45) is 6.76. The summed E-state index contributed by atoms with van der Waals surface area (Å²) in [5.74, 6) is 2.41. The second-order valence-electron chi connectivity index (χ2n) is 6.87. The average molecular weight is 344 g/mol. The largest absolute Gasteiger partial charge is 0.454 e. The molecule has 0 atom stereocenters. The molecule has 0 N–H and O–H groups in total. The Morgan fingerprint density at radius 2 is 1.96 bits per heavy atom. The van der Waals surface area contributed by atoms with Gasteiger partial charge in [0, 0.05) is 24.4 Å². The maximum atomic E-state index is 5.46. The van der Waals surface area contributed by atoms with Crippen molar-refractivity contribution in [3.63, 3.8) is 0 Å². The number of nitrogens with zero attached hydrogens (tertiary/aromatic N) is 2. The summed E-state index contributed by atoms with van der Waals surface area (Å²) < 4.78 is 10.8. The number of fused-ring (bicyclic) bond motifs is 1. The molecule has 4 nitrogen and oxygen atoms in total. The highest BCUT2D eigenvalue weighted by molar-refractivity contribution is 7.09. The molecule has 0 saturated heterocycles. The molecule has 2 aromatic rings. The summed E-state index contributed by atoms with van der Waals surface area (Å²) in [6, 6.07) is 6.18. The van der Waals surface area contributed by atoms with Crippen molar-refractivity contribution in [3.8, 4) is 11.5 Å². The van der Waals surface area contributed by atoms with Crippen molar-refractivity contribution in [1.82, 2.24) is 9.88 Å². The zero-order valence-corrected chi connectivity index (χ0v) is 15.0. The number of benzene rings is 1. The summed E-state index contributed by atoms with van der Waals surface area (Å²) in [7, 11) is 2.14. The van der Waals surface area contributed by atoms with Gasteiger partial charge in [-0.05, 0) is 37.6 Å². The van der Waals surface area contributed by atoms with Crippen LogP contribution in [0.4, 0.5) is 0 Å². The van der Waals surface area contributed by atoms with Crippen LogP contribution in [0.3, 0.4) is 0 Å². The summed E-state index contributed by atoms with van der Waals surface area (Å²) in [5, 5.41) is 3.58. The molecule has 24 heavy (non-hydrogen) atoms. The van der Waals surface area contributed by atoms with Gasteiger partial charge in [0.2, 0.25) is 6.79 Å². The van der Waals surface area contributed by atoms with Gasteiger partial charge < -0.3 is 9.47 Å². The minimum Gasteiger partial charge on any atom is -0.454 e. The van der Waals surface area contributed by atoms with Crippen LogP contribution in [0.1, 0.15) is 54.3 Å². The minimum atomic E-state index is 0.331. The molecule has 0 spiro atoms. The van der Waals surface area contributed by atoms with Crippen molar-refractivity contribution in [2.24, 2.45) is 0 Å². The first-order chi connectivity index (χ1) is 11.8. The molecule has 2 heterocycles. The second-order valence-corrected chi connectivity index (χ2v) is 7.76. The maximum Gasteiger partial charge on any atom is 0.231 e. The van der Waals surface area contributed by atoms with Crippen LogP contribution in [0, 0.1) is 0 Å². The molecule has 1 aliphatic heterocycles. The highest BCUT2D eigenvalue weighted by Gasteiger charge is 2.19. The molecule has 1 aliphatic carbocycles. The number of aromatic nitrogens is 1. The second kappa shape index (κ2) is 7.11. The lowest BCUT2D eigenvalue weighted by Crippen LogP contribution is -2.17. The van der Waals surface area contributed by atoms with E-state index >= 15 is 0 Å². The Morgan fingerprint density at radius 1 is 1.12 bits per heavy atom. The van der Waals surface area contributed by atoms with Crippen molar-refractivity contribution in [3.05, 3.63) is 39.8 Å². The summed E-state index contributed by atoms with van der Waals surface area (Å²) in [5.41, 5.74) is 2.44. The average Bonchev–Trinajstić information content (AvgIpc) is 3.24. The van der Waals surface area contributed by atoms with E-state index in [-0.39, 0.29) is 0 Å². The van der Waals surface area contributed by atoms with E-state index in [1.165, 1.54) is 48.4 Å². The number of hydrogen-bond donors (Lipinski definition) is 0. The fourth-order valence-corrected chi connectivity index (χ4v) is 4.60. The highest BCUT2D eigenvalue weighted by atomic mass is 32.1. The van der Waals surface area contributed by atoms with Gasteiger partial charge in [0.05, 0.1) is 10.7 Å². The molecular formula is C19H24N2O2S. The van der Waals surface area contributed by atoms with Crippen LogP contribution in [-0.2, 0) is 13.1 Å². The molecule has 0 bridgehead atoms. The molecule has 128 valence electrons. The van der Waals surface area contributed by atoms with Gasteiger partial charge in [-0.25, -0.2) is 4.98 Å². The fourth-order valence-electron chi connectivity index (χ4n) is 3.62. The van der Waals surface area contributed by atoms with E-state index in [0.29, 0.717) is 12.7 Å². The van der Waals surface area contributed by atoms with Crippen LogP contribution in [0.15, 0.2) is 23.6 Å². The van der Waals surface area contributed by atoms with Gasteiger partial charge in [-0.1, -0.05) is 25.3 Å².